The van der Waals surface area contributed by atoms with Crippen molar-refractivity contribution in [2.75, 3.05) is 7.11 Å². The Morgan fingerprint density at radius 3 is 1.97 bits per heavy atom. The van der Waals surface area contributed by atoms with Gasteiger partial charge in [0.1, 0.15) is 0 Å². The summed E-state index contributed by atoms with van der Waals surface area (Å²) in [6.45, 7) is 0. The summed E-state index contributed by atoms with van der Waals surface area (Å²) in [4.78, 5) is 12.5. The number of rotatable bonds is 5. The van der Waals surface area contributed by atoms with Gasteiger partial charge in [-0.05, 0) is 34.3 Å². The Balaban J connectivity index is 1.91. The normalized spacial score (nSPS) is 18.5. The number of carbonyl (C=O) groups excluding carboxylic acids is 1. The first-order valence-corrected chi connectivity index (χ1v) is 9.87. The van der Waals surface area contributed by atoms with Crippen molar-refractivity contribution in [1.82, 2.24) is 0 Å². The number of hydrogen-bond acceptors (Lipinski definition) is 2. The molecule has 0 fully saturated rings. The summed E-state index contributed by atoms with van der Waals surface area (Å²) in [6, 6.07) is 31.0. The van der Waals surface area contributed by atoms with E-state index in [0.717, 1.165) is 23.1 Å². The lowest BCUT2D eigenvalue weighted by Crippen LogP contribution is -2.30. The highest BCUT2D eigenvalue weighted by Crippen LogP contribution is 2.45. The second kappa shape index (κ2) is 8.32. The summed E-state index contributed by atoms with van der Waals surface area (Å²) in [5.74, 6) is -0.202. The van der Waals surface area contributed by atoms with Crippen LogP contribution in [0.25, 0.3) is 11.1 Å². The van der Waals surface area contributed by atoms with Crippen molar-refractivity contribution in [2.24, 2.45) is 0 Å². The van der Waals surface area contributed by atoms with Crippen LogP contribution in [0.15, 0.2) is 103 Å². The van der Waals surface area contributed by atoms with E-state index in [0.29, 0.717) is 6.42 Å². The Morgan fingerprint density at radius 2 is 1.38 bits per heavy atom. The smallest absolute Gasteiger partial charge is 0.306 e. The number of carbonyl (C=O) groups is 1. The van der Waals surface area contributed by atoms with Crippen LogP contribution in [0.3, 0.4) is 0 Å². The Morgan fingerprint density at radius 1 is 0.828 bits per heavy atom. The predicted octanol–water partition coefficient (Wildman–Crippen LogP) is 6.06. The molecule has 0 spiro atoms. The van der Waals surface area contributed by atoms with Gasteiger partial charge in [-0.3, -0.25) is 4.79 Å². The fourth-order valence-corrected chi connectivity index (χ4v) is 4.10. The molecule has 0 N–H and O–H groups in total. The topological polar surface area (TPSA) is 26.3 Å². The first-order valence-electron chi connectivity index (χ1n) is 9.87. The van der Waals surface area contributed by atoms with Crippen LogP contribution in [0.4, 0.5) is 0 Å². The summed E-state index contributed by atoms with van der Waals surface area (Å²) in [6.07, 6.45) is 5.55. The minimum absolute atomic E-state index is 0.202. The minimum Gasteiger partial charge on any atom is -0.469 e. The molecule has 1 aliphatic carbocycles. The van der Waals surface area contributed by atoms with E-state index >= 15 is 0 Å². The van der Waals surface area contributed by atoms with Gasteiger partial charge in [0.05, 0.1) is 13.5 Å². The average molecular weight is 380 g/mol. The maximum absolute atomic E-state index is 12.5. The molecule has 0 heterocycles. The molecule has 4 rings (SSSR count). The Bertz CT molecular complexity index is 1030. The molecule has 1 unspecified atom stereocenters. The number of ether oxygens (including phenoxy) is 1. The summed E-state index contributed by atoms with van der Waals surface area (Å²) in [7, 11) is 1.46. The van der Waals surface area contributed by atoms with Crippen LogP contribution in [0, 0.1) is 0 Å². The quantitative estimate of drug-likeness (QED) is 0.503. The van der Waals surface area contributed by atoms with Crippen molar-refractivity contribution < 1.29 is 9.53 Å². The minimum atomic E-state index is -0.459. The van der Waals surface area contributed by atoms with Crippen molar-refractivity contribution in [3.8, 4) is 0 Å². The fourth-order valence-electron chi connectivity index (χ4n) is 4.10. The van der Waals surface area contributed by atoms with Gasteiger partial charge in [-0.15, -0.1) is 0 Å². The first-order chi connectivity index (χ1) is 14.2. The van der Waals surface area contributed by atoms with Crippen LogP contribution in [-0.4, -0.2) is 13.1 Å². The van der Waals surface area contributed by atoms with Gasteiger partial charge in [-0.1, -0.05) is 103 Å². The molecule has 2 nitrogen and oxygen atoms in total. The first kappa shape index (κ1) is 18.9. The molecule has 1 atom stereocenters. The summed E-state index contributed by atoms with van der Waals surface area (Å²) in [5.41, 5.74) is 5.34. The van der Waals surface area contributed by atoms with Gasteiger partial charge < -0.3 is 4.74 Å². The van der Waals surface area contributed by atoms with Crippen molar-refractivity contribution >= 4 is 17.1 Å². The third kappa shape index (κ3) is 4.07. The Hall–Kier alpha value is -3.39. The lowest BCUT2D eigenvalue weighted by Gasteiger charge is -2.35. The molecule has 2 heteroatoms. The van der Waals surface area contributed by atoms with E-state index in [1.54, 1.807) is 0 Å². The highest BCUT2D eigenvalue weighted by Gasteiger charge is 2.37. The van der Waals surface area contributed by atoms with Gasteiger partial charge in [0.25, 0.3) is 0 Å². The number of allylic oxidation sites excluding steroid dienone is 4. The molecule has 3 aromatic carbocycles. The van der Waals surface area contributed by atoms with E-state index in [-0.39, 0.29) is 5.97 Å². The number of hydrogen-bond donors (Lipinski definition) is 0. The molecule has 3 aromatic rings. The zero-order valence-corrected chi connectivity index (χ0v) is 16.5. The molecule has 1 aliphatic rings. The molecule has 0 bridgehead atoms. The second-order valence-corrected chi connectivity index (χ2v) is 7.45. The zero-order chi connectivity index (χ0) is 20.1. The third-order valence-electron chi connectivity index (χ3n) is 5.56. The van der Waals surface area contributed by atoms with E-state index in [9.17, 15) is 4.79 Å². The monoisotopic (exact) mass is 380 g/mol. The summed E-state index contributed by atoms with van der Waals surface area (Å²) < 4.78 is 5.09. The molecule has 0 saturated heterocycles. The van der Waals surface area contributed by atoms with Crippen molar-refractivity contribution in [2.45, 2.75) is 18.3 Å². The van der Waals surface area contributed by atoms with E-state index < -0.39 is 5.41 Å². The highest BCUT2D eigenvalue weighted by molar-refractivity contribution is 5.89. The SMILES string of the molecule is COC(=O)CC1(c2ccccc2)C=C(c2ccccc2)C=C(c2ccccc2)C1. The van der Waals surface area contributed by atoms with Gasteiger partial charge in [-0.25, -0.2) is 0 Å². The highest BCUT2D eigenvalue weighted by atomic mass is 16.5. The van der Waals surface area contributed by atoms with Crippen molar-refractivity contribution in [3.05, 3.63) is 120 Å². The van der Waals surface area contributed by atoms with E-state index in [1.807, 2.05) is 42.5 Å². The van der Waals surface area contributed by atoms with Crippen LogP contribution in [0.5, 0.6) is 0 Å². The molecule has 0 saturated carbocycles. The zero-order valence-electron chi connectivity index (χ0n) is 16.5. The third-order valence-corrected chi connectivity index (χ3v) is 5.56. The standard InChI is InChI=1S/C27H24O2/c1-29-26(28)20-27(25-15-9-4-10-16-25)18-23(21-11-5-2-6-12-21)17-24(19-27)22-13-7-3-8-14-22/h2-18H,19-20H2,1H3. The number of esters is 1. The van der Waals surface area contributed by atoms with Crippen LogP contribution in [-0.2, 0) is 14.9 Å². The second-order valence-electron chi connectivity index (χ2n) is 7.45. The van der Waals surface area contributed by atoms with Crippen LogP contribution in [0.2, 0.25) is 0 Å². The lowest BCUT2D eigenvalue weighted by molar-refractivity contribution is -0.141. The van der Waals surface area contributed by atoms with Gasteiger partial charge in [0, 0.05) is 5.41 Å². The summed E-state index contributed by atoms with van der Waals surface area (Å²) >= 11 is 0. The maximum Gasteiger partial charge on any atom is 0.306 e. The Labute approximate surface area is 172 Å². The maximum atomic E-state index is 12.5. The van der Waals surface area contributed by atoms with E-state index in [4.69, 9.17) is 4.74 Å². The molecule has 0 radical (unpaired) electrons. The van der Waals surface area contributed by atoms with Crippen molar-refractivity contribution in [3.63, 3.8) is 0 Å². The summed E-state index contributed by atoms with van der Waals surface area (Å²) in [5, 5.41) is 0. The molecular formula is C27H24O2. The molecule has 29 heavy (non-hydrogen) atoms. The van der Waals surface area contributed by atoms with Gasteiger partial charge in [-0.2, -0.15) is 0 Å². The van der Waals surface area contributed by atoms with Gasteiger partial charge in [0.2, 0.25) is 0 Å². The van der Waals surface area contributed by atoms with Gasteiger partial charge in [0.15, 0.2) is 0 Å². The van der Waals surface area contributed by atoms with Gasteiger partial charge >= 0.3 is 5.97 Å². The Kier molecular flexibility index (Phi) is 5.44. The molecular weight excluding hydrogens is 356 g/mol. The fraction of sp³-hybridized carbons (Fsp3) is 0.148. The van der Waals surface area contributed by atoms with Crippen LogP contribution in [0.1, 0.15) is 29.5 Å². The van der Waals surface area contributed by atoms with Crippen molar-refractivity contribution in [1.29, 1.82) is 0 Å². The largest absolute Gasteiger partial charge is 0.469 e. The van der Waals surface area contributed by atoms with E-state index in [1.165, 1.54) is 18.2 Å². The molecule has 0 aliphatic heterocycles. The lowest BCUT2D eigenvalue weighted by atomic mass is 9.67. The molecule has 0 aromatic heterocycles. The molecule has 144 valence electrons. The average Bonchev–Trinajstić information content (AvgIpc) is 2.80. The number of benzene rings is 3. The van der Waals surface area contributed by atoms with E-state index in [2.05, 4.69) is 60.7 Å². The predicted molar refractivity (Wildman–Crippen MR) is 118 cm³/mol. The molecule has 0 amide bonds. The van der Waals surface area contributed by atoms with Crippen LogP contribution >= 0.6 is 0 Å². The number of methoxy groups -OCH3 is 1. The van der Waals surface area contributed by atoms with Crippen LogP contribution < -0.4 is 0 Å².